The molecule has 1 amide bonds. The lowest BCUT2D eigenvalue weighted by molar-refractivity contribution is -0.126. The molecule has 0 saturated heterocycles. The smallest absolute Gasteiger partial charge is 0.220 e. The van der Waals surface area contributed by atoms with Crippen LogP contribution in [0.25, 0.3) is 0 Å². The summed E-state index contributed by atoms with van der Waals surface area (Å²) in [5.74, 6) is 3.07. The van der Waals surface area contributed by atoms with Gasteiger partial charge in [0, 0.05) is 17.3 Å². The van der Waals surface area contributed by atoms with Gasteiger partial charge in [0.05, 0.1) is 0 Å². The molecule has 0 atom stereocenters. The van der Waals surface area contributed by atoms with Crippen LogP contribution in [0.2, 0.25) is 0 Å². The molecule has 0 unspecified atom stereocenters. The Labute approximate surface area is 125 Å². The molecule has 3 heteroatoms. The molecule has 0 aliphatic heterocycles. The molecule has 19 heavy (non-hydrogen) atoms. The summed E-state index contributed by atoms with van der Waals surface area (Å²) < 4.78 is 0. The third-order valence-corrected chi connectivity index (χ3v) is 6.04. The van der Waals surface area contributed by atoms with Gasteiger partial charge in [-0.05, 0) is 69.1 Å². The molecule has 2 nitrogen and oxygen atoms in total. The number of amides is 1. The molecule has 4 aliphatic carbocycles. The van der Waals surface area contributed by atoms with Crippen LogP contribution in [0, 0.1) is 17.8 Å². The number of carbonyl (C=O) groups excluding carboxylic acids is 1. The Morgan fingerprint density at radius 3 is 2.11 bits per heavy atom. The van der Waals surface area contributed by atoms with Crippen molar-refractivity contribution in [3.8, 4) is 0 Å². The minimum Gasteiger partial charge on any atom is -0.351 e. The van der Waals surface area contributed by atoms with Crippen LogP contribution in [-0.4, -0.2) is 16.8 Å². The standard InChI is InChI=1S/C16H26BrNO/c17-5-3-1-2-4-15(19)18-16-9-12-6-13(10-16)8-14(7-12)11-16/h12-14H,1-11H2,(H,18,19). The minimum atomic E-state index is 0.210. The molecule has 0 radical (unpaired) electrons. The largest absolute Gasteiger partial charge is 0.351 e. The Kier molecular flexibility index (Phi) is 4.21. The van der Waals surface area contributed by atoms with Gasteiger partial charge < -0.3 is 5.32 Å². The van der Waals surface area contributed by atoms with Crippen molar-refractivity contribution in [2.75, 3.05) is 5.33 Å². The third kappa shape index (κ3) is 3.17. The predicted octanol–water partition coefficient (Wildman–Crippen LogP) is 4.03. The normalized spacial score (nSPS) is 39.5. The molecule has 1 N–H and O–H groups in total. The first kappa shape index (κ1) is 13.9. The summed E-state index contributed by atoms with van der Waals surface area (Å²) in [6, 6.07) is 0. The molecule has 0 spiro atoms. The predicted molar refractivity (Wildman–Crippen MR) is 81.3 cm³/mol. The number of unbranched alkanes of at least 4 members (excludes halogenated alkanes) is 2. The molecule has 4 saturated carbocycles. The van der Waals surface area contributed by atoms with Gasteiger partial charge in [-0.3, -0.25) is 4.79 Å². The number of rotatable bonds is 6. The van der Waals surface area contributed by atoms with Crippen LogP contribution in [0.15, 0.2) is 0 Å². The highest BCUT2D eigenvalue weighted by molar-refractivity contribution is 9.09. The fourth-order valence-electron chi connectivity index (χ4n) is 5.18. The summed E-state index contributed by atoms with van der Waals surface area (Å²) in [5.41, 5.74) is 0.210. The lowest BCUT2D eigenvalue weighted by atomic mass is 9.53. The first-order chi connectivity index (χ1) is 9.19. The Bertz CT molecular complexity index is 306. The highest BCUT2D eigenvalue weighted by Crippen LogP contribution is 2.55. The zero-order valence-electron chi connectivity index (χ0n) is 11.8. The molecule has 4 fully saturated rings. The summed E-state index contributed by atoms with van der Waals surface area (Å²) in [5, 5.41) is 4.51. The van der Waals surface area contributed by atoms with Gasteiger partial charge in [0.15, 0.2) is 0 Å². The highest BCUT2D eigenvalue weighted by Gasteiger charge is 2.51. The van der Waals surface area contributed by atoms with Crippen molar-refractivity contribution in [2.45, 2.75) is 69.7 Å². The minimum absolute atomic E-state index is 0.210. The molecular formula is C16H26BrNO. The van der Waals surface area contributed by atoms with E-state index in [1.807, 2.05) is 0 Å². The number of alkyl halides is 1. The summed E-state index contributed by atoms with van der Waals surface area (Å²) >= 11 is 3.44. The van der Waals surface area contributed by atoms with Gasteiger partial charge in [-0.2, -0.15) is 0 Å². The number of hydrogen-bond donors (Lipinski definition) is 1. The Balaban J connectivity index is 1.50. The lowest BCUT2D eigenvalue weighted by Crippen LogP contribution is -2.59. The van der Waals surface area contributed by atoms with E-state index in [9.17, 15) is 4.79 Å². The zero-order chi connectivity index (χ0) is 13.3. The maximum absolute atomic E-state index is 12.2. The monoisotopic (exact) mass is 327 g/mol. The maximum Gasteiger partial charge on any atom is 0.220 e. The fraction of sp³-hybridized carbons (Fsp3) is 0.938. The van der Waals surface area contributed by atoms with Crippen molar-refractivity contribution in [1.29, 1.82) is 0 Å². The average molecular weight is 328 g/mol. The molecule has 4 aliphatic rings. The lowest BCUT2D eigenvalue weighted by Gasteiger charge is -2.56. The van der Waals surface area contributed by atoms with Crippen molar-refractivity contribution in [3.63, 3.8) is 0 Å². The second-order valence-corrected chi connectivity index (χ2v) is 8.04. The van der Waals surface area contributed by atoms with Crippen molar-refractivity contribution in [2.24, 2.45) is 17.8 Å². The number of hydrogen-bond acceptors (Lipinski definition) is 1. The van der Waals surface area contributed by atoms with Gasteiger partial charge in [-0.1, -0.05) is 22.4 Å². The van der Waals surface area contributed by atoms with E-state index in [0.29, 0.717) is 5.91 Å². The van der Waals surface area contributed by atoms with Gasteiger partial charge >= 0.3 is 0 Å². The fourth-order valence-corrected chi connectivity index (χ4v) is 5.58. The SMILES string of the molecule is O=C(CCCCCBr)NC12CC3CC(CC(C3)C1)C2. The van der Waals surface area contributed by atoms with Crippen LogP contribution in [0.3, 0.4) is 0 Å². The van der Waals surface area contributed by atoms with Gasteiger partial charge in [-0.25, -0.2) is 0 Å². The van der Waals surface area contributed by atoms with Crippen molar-refractivity contribution in [3.05, 3.63) is 0 Å². The second-order valence-electron chi connectivity index (χ2n) is 7.25. The van der Waals surface area contributed by atoms with E-state index in [2.05, 4.69) is 21.2 Å². The van der Waals surface area contributed by atoms with Crippen LogP contribution >= 0.6 is 15.9 Å². The quantitative estimate of drug-likeness (QED) is 0.579. The second kappa shape index (κ2) is 5.75. The third-order valence-electron chi connectivity index (χ3n) is 5.48. The molecule has 0 heterocycles. The molecule has 4 rings (SSSR count). The van der Waals surface area contributed by atoms with E-state index < -0.39 is 0 Å². The van der Waals surface area contributed by atoms with Crippen LogP contribution in [0.5, 0.6) is 0 Å². The van der Waals surface area contributed by atoms with Crippen LogP contribution in [0.4, 0.5) is 0 Å². The molecular weight excluding hydrogens is 302 g/mol. The topological polar surface area (TPSA) is 29.1 Å². The van der Waals surface area contributed by atoms with Crippen molar-refractivity contribution in [1.82, 2.24) is 5.32 Å². The molecule has 0 aromatic rings. The maximum atomic E-state index is 12.2. The van der Waals surface area contributed by atoms with Gasteiger partial charge in [-0.15, -0.1) is 0 Å². The first-order valence-electron chi connectivity index (χ1n) is 8.06. The van der Waals surface area contributed by atoms with E-state index in [0.717, 1.165) is 35.9 Å². The van der Waals surface area contributed by atoms with Crippen LogP contribution in [-0.2, 0) is 4.79 Å². The van der Waals surface area contributed by atoms with E-state index in [1.54, 1.807) is 0 Å². The molecule has 0 aromatic carbocycles. The van der Waals surface area contributed by atoms with Gasteiger partial charge in [0.25, 0.3) is 0 Å². The van der Waals surface area contributed by atoms with Crippen LogP contribution < -0.4 is 5.32 Å². The summed E-state index contributed by atoms with van der Waals surface area (Å²) in [6.45, 7) is 0. The Morgan fingerprint density at radius 1 is 1.00 bits per heavy atom. The number of halogens is 1. The molecule has 0 aromatic heterocycles. The van der Waals surface area contributed by atoms with Crippen molar-refractivity contribution < 1.29 is 4.79 Å². The van der Waals surface area contributed by atoms with Crippen LogP contribution in [0.1, 0.15) is 64.2 Å². The Morgan fingerprint density at radius 2 is 1.58 bits per heavy atom. The zero-order valence-corrected chi connectivity index (χ0v) is 13.4. The highest BCUT2D eigenvalue weighted by atomic mass is 79.9. The number of nitrogens with one attached hydrogen (secondary N) is 1. The summed E-state index contributed by atoms with van der Waals surface area (Å²) in [6.07, 6.45) is 12.3. The average Bonchev–Trinajstić information content (AvgIpc) is 2.32. The van der Waals surface area contributed by atoms with E-state index in [-0.39, 0.29) is 5.54 Å². The van der Waals surface area contributed by atoms with Crippen molar-refractivity contribution >= 4 is 21.8 Å². The van der Waals surface area contributed by atoms with E-state index in [4.69, 9.17) is 0 Å². The number of carbonyl (C=O) groups is 1. The van der Waals surface area contributed by atoms with Gasteiger partial charge in [0.1, 0.15) is 0 Å². The molecule has 108 valence electrons. The van der Waals surface area contributed by atoms with E-state index >= 15 is 0 Å². The van der Waals surface area contributed by atoms with E-state index in [1.165, 1.54) is 51.4 Å². The van der Waals surface area contributed by atoms with Gasteiger partial charge in [0.2, 0.25) is 5.91 Å². The first-order valence-corrected chi connectivity index (χ1v) is 9.18. The Hall–Kier alpha value is -0.0500. The summed E-state index contributed by atoms with van der Waals surface area (Å²) in [4.78, 5) is 12.2. The molecule has 4 bridgehead atoms. The summed E-state index contributed by atoms with van der Waals surface area (Å²) in [7, 11) is 0.